The molecule has 36 heavy (non-hydrogen) atoms. The molecule has 0 aromatic heterocycles. The predicted octanol–water partition coefficient (Wildman–Crippen LogP) is 5.33. The molecule has 0 fully saturated rings. The molecule has 2 amide bonds. The van der Waals surface area contributed by atoms with E-state index in [4.69, 9.17) is 25.8 Å². The lowest BCUT2D eigenvalue weighted by molar-refractivity contribution is -0.152. The monoisotopic (exact) mass is 534 g/mol. The van der Waals surface area contributed by atoms with Crippen molar-refractivity contribution in [3.05, 3.63) is 53.1 Å². The zero-order valence-corrected chi connectivity index (χ0v) is 22.8. The van der Waals surface area contributed by atoms with E-state index in [1.165, 1.54) is 28.5 Å². The molecule has 3 rings (SSSR count). The molecule has 194 valence electrons. The van der Waals surface area contributed by atoms with Crippen LogP contribution < -0.4 is 9.64 Å². The minimum absolute atomic E-state index is 0.164. The number of amides is 2. The van der Waals surface area contributed by atoms with Gasteiger partial charge >= 0.3 is 12.1 Å². The zero-order valence-electron chi connectivity index (χ0n) is 21.2. The molecule has 0 N–H and O–H groups in total. The van der Waals surface area contributed by atoms with E-state index in [-0.39, 0.29) is 13.1 Å². The van der Waals surface area contributed by atoms with E-state index < -0.39 is 34.9 Å². The van der Waals surface area contributed by atoms with Crippen molar-refractivity contribution in [2.45, 2.75) is 49.5 Å². The lowest BCUT2D eigenvalue weighted by atomic mass is 10.1. The number of anilines is 1. The Labute approximate surface area is 220 Å². The highest BCUT2D eigenvalue weighted by molar-refractivity contribution is 7.99. The fraction of sp³-hybridized carbons (Fsp3) is 0.423. The third-order valence-electron chi connectivity index (χ3n) is 5.35. The molecular formula is C26H31ClN2O6S. The number of nitrogens with zero attached hydrogens (tertiary/aromatic N) is 2. The van der Waals surface area contributed by atoms with Crippen LogP contribution in [0.15, 0.2) is 47.4 Å². The Kier molecular flexibility index (Phi) is 8.79. The molecule has 0 spiro atoms. The van der Waals surface area contributed by atoms with Gasteiger partial charge in [0.25, 0.3) is 5.91 Å². The van der Waals surface area contributed by atoms with Crippen molar-refractivity contribution in [3.63, 3.8) is 0 Å². The van der Waals surface area contributed by atoms with Gasteiger partial charge in [-0.25, -0.2) is 4.79 Å². The lowest BCUT2D eigenvalue weighted by Gasteiger charge is -2.30. The van der Waals surface area contributed by atoms with Crippen LogP contribution in [0.2, 0.25) is 5.02 Å². The number of carbonyl (C=O) groups excluding carboxylic acids is 3. The van der Waals surface area contributed by atoms with E-state index in [0.717, 1.165) is 10.5 Å². The summed E-state index contributed by atoms with van der Waals surface area (Å²) in [5.41, 5.74) is 0.773. The van der Waals surface area contributed by atoms with Gasteiger partial charge in [0.2, 0.25) is 0 Å². The number of ether oxygens (including phenoxy) is 3. The average Bonchev–Trinajstić information content (AvgIpc) is 2.90. The summed E-state index contributed by atoms with van der Waals surface area (Å²) in [4.78, 5) is 42.1. The van der Waals surface area contributed by atoms with E-state index in [1.54, 1.807) is 65.3 Å². The molecule has 0 aliphatic carbocycles. The van der Waals surface area contributed by atoms with Gasteiger partial charge in [0.1, 0.15) is 11.4 Å². The molecule has 1 aliphatic heterocycles. The molecule has 0 unspecified atom stereocenters. The van der Waals surface area contributed by atoms with Crippen molar-refractivity contribution in [3.8, 4) is 5.75 Å². The summed E-state index contributed by atoms with van der Waals surface area (Å²) >= 11 is 7.70. The van der Waals surface area contributed by atoms with Crippen LogP contribution in [0, 0.1) is 0 Å². The standard InChI is InChI=1S/C26H31ClN2O6S/c1-16(30)34-22-23(17-7-10-19(33-6)11-8-17)36-21-15-18(27)9-12-20(21)29(24(22)31)14-13-28(5)25(32)35-26(2,3)4/h7-12,15,22-23H,13-14H2,1-6H3/t22-,23+/m1/s1. The Morgan fingerprint density at radius 3 is 2.39 bits per heavy atom. The quantitative estimate of drug-likeness (QED) is 0.463. The molecule has 0 radical (unpaired) electrons. The number of likely N-dealkylation sites (N-methyl/N-ethyl adjacent to an activating group) is 1. The fourth-order valence-corrected chi connectivity index (χ4v) is 5.24. The number of hydrogen-bond acceptors (Lipinski definition) is 7. The average molecular weight is 535 g/mol. The molecule has 8 nitrogen and oxygen atoms in total. The van der Waals surface area contributed by atoms with Crippen molar-refractivity contribution in [2.24, 2.45) is 0 Å². The van der Waals surface area contributed by atoms with Gasteiger partial charge in [0.05, 0.1) is 18.0 Å². The largest absolute Gasteiger partial charge is 0.497 e. The first-order valence-electron chi connectivity index (χ1n) is 11.4. The number of halogens is 1. The number of carbonyl (C=O) groups is 3. The van der Waals surface area contributed by atoms with Crippen molar-refractivity contribution in [1.82, 2.24) is 4.90 Å². The second-order valence-corrected chi connectivity index (χ2v) is 11.0. The maximum atomic E-state index is 13.9. The van der Waals surface area contributed by atoms with Crippen LogP contribution in [-0.2, 0) is 19.1 Å². The first-order valence-corrected chi connectivity index (χ1v) is 12.7. The van der Waals surface area contributed by atoms with Crippen LogP contribution in [0.3, 0.4) is 0 Å². The third kappa shape index (κ3) is 6.85. The molecule has 1 aliphatic rings. The van der Waals surface area contributed by atoms with Crippen LogP contribution in [0.4, 0.5) is 10.5 Å². The molecule has 0 saturated heterocycles. The van der Waals surface area contributed by atoms with E-state index in [9.17, 15) is 14.4 Å². The number of thioether (sulfide) groups is 1. The topological polar surface area (TPSA) is 85.4 Å². The van der Waals surface area contributed by atoms with Crippen LogP contribution in [-0.4, -0.2) is 61.8 Å². The van der Waals surface area contributed by atoms with Crippen LogP contribution in [0.1, 0.15) is 38.5 Å². The molecule has 2 aromatic carbocycles. The van der Waals surface area contributed by atoms with Crippen molar-refractivity contribution < 1.29 is 28.6 Å². The SMILES string of the molecule is COc1ccc([C@@H]2Sc3cc(Cl)ccc3N(CCN(C)C(=O)OC(C)(C)C)C(=O)[C@@H]2OC(C)=O)cc1. The Bertz CT molecular complexity index is 1120. The van der Waals surface area contributed by atoms with Gasteiger partial charge in [-0.15, -0.1) is 11.8 Å². The summed E-state index contributed by atoms with van der Waals surface area (Å²) in [6.45, 7) is 7.01. The Balaban J connectivity index is 1.98. The zero-order chi connectivity index (χ0) is 26.6. The van der Waals surface area contributed by atoms with Crippen LogP contribution >= 0.6 is 23.4 Å². The highest BCUT2D eigenvalue weighted by Crippen LogP contribution is 2.47. The van der Waals surface area contributed by atoms with Crippen molar-refractivity contribution >= 4 is 47.0 Å². The van der Waals surface area contributed by atoms with Crippen molar-refractivity contribution in [2.75, 3.05) is 32.1 Å². The van der Waals surface area contributed by atoms with Gasteiger partial charge in [-0.2, -0.15) is 0 Å². The van der Waals surface area contributed by atoms with Crippen LogP contribution in [0.25, 0.3) is 0 Å². The number of fused-ring (bicyclic) bond motifs is 1. The summed E-state index contributed by atoms with van der Waals surface area (Å²) in [6.07, 6.45) is -1.60. The number of hydrogen-bond donors (Lipinski definition) is 0. The van der Waals surface area contributed by atoms with E-state index in [1.807, 2.05) is 12.1 Å². The van der Waals surface area contributed by atoms with Gasteiger partial charge < -0.3 is 24.0 Å². The Morgan fingerprint density at radius 2 is 1.81 bits per heavy atom. The van der Waals surface area contributed by atoms with Gasteiger partial charge in [0.15, 0.2) is 6.10 Å². The Hall–Kier alpha value is -2.91. The molecule has 0 saturated carbocycles. The van der Waals surface area contributed by atoms with E-state index in [0.29, 0.717) is 16.5 Å². The smallest absolute Gasteiger partial charge is 0.410 e. The molecular weight excluding hydrogens is 504 g/mol. The Morgan fingerprint density at radius 1 is 1.14 bits per heavy atom. The highest BCUT2D eigenvalue weighted by Gasteiger charge is 2.41. The second-order valence-electron chi connectivity index (χ2n) is 9.35. The number of benzene rings is 2. The fourth-order valence-electron chi connectivity index (χ4n) is 3.64. The maximum absolute atomic E-state index is 13.9. The van der Waals surface area contributed by atoms with Gasteiger partial charge in [-0.1, -0.05) is 23.7 Å². The first-order chi connectivity index (χ1) is 16.9. The lowest BCUT2D eigenvalue weighted by Crippen LogP contribution is -2.46. The van der Waals surface area contributed by atoms with Gasteiger partial charge in [-0.05, 0) is 56.7 Å². The van der Waals surface area contributed by atoms with E-state index in [2.05, 4.69) is 0 Å². The number of rotatable bonds is 6. The summed E-state index contributed by atoms with van der Waals surface area (Å²) in [6, 6.07) is 12.5. The minimum atomic E-state index is -1.10. The summed E-state index contributed by atoms with van der Waals surface area (Å²) < 4.78 is 16.3. The number of methoxy groups -OCH3 is 1. The predicted molar refractivity (Wildman–Crippen MR) is 140 cm³/mol. The summed E-state index contributed by atoms with van der Waals surface area (Å²) in [5.74, 6) is -0.289. The number of esters is 1. The van der Waals surface area contributed by atoms with E-state index >= 15 is 0 Å². The molecule has 0 bridgehead atoms. The summed E-state index contributed by atoms with van der Waals surface area (Å²) in [5, 5.41) is -0.0166. The first kappa shape index (κ1) is 27.7. The molecule has 2 aromatic rings. The van der Waals surface area contributed by atoms with Crippen LogP contribution in [0.5, 0.6) is 5.75 Å². The second kappa shape index (κ2) is 11.4. The normalized spacial score (nSPS) is 17.6. The summed E-state index contributed by atoms with van der Waals surface area (Å²) in [7, 11) is 3.18. The minimum Gasteiger partial charge on any atom is -0.497 e. The molecule has 10 heteroatoms. The molecule has 1 heterocycles. The third-order valence-corrected chi connectivity index (χ3v) is 6.94. The maximum Gasteiger partial charge on any atom is 0.410 e. The van der Waals surface area contributed by atoms with Crippen molar-refractivity contribution in [1.29, 1.82) is 0 Å². The molecule has 2 atom stereocenters. The van der Waals surface area contributed by atoms with Gasteiger partial charge in [-0.3, -0.25) is 9.59 Å². The van der Waals surface area contributed by atoms with Gasteiger partial charge in [0, 0.05) is 37.0 Å². The highest BCUT2D eigenvalue weighted by atomic mass is 35.5.